The summed E-state index contributed by atoms with van der Waals surface area (Å²) >= 11 is 3.41. The molecule has 1 aliphatic rings. The third-order valence-corrected chi connectivity index (χ3v) is 3.79. The number of aliphatic carboxylic acids is 1. The van der Waals surface area contributed by atoms with Crippen molar-refractivity contribution in [3.05, 3.63) is 34.3 Å². The molecule has 1 fully saturated rings. The predicted octanol–water partition coefficient (Wildman–Crippen LogP) is 1.44. The van der Waals surface area contributed by atoms with Gasteiger partial charge in [-0.05, 0) is 11.6 Å². The van der Waals surface area contributed by atoms with Gasteiger partial charge in [-0.15, -0.1) is 0 Å². The van der Waals surface area contributed by atoms with E-state index in [2.05, 4.69) is 21.2 Å². The molecule has 108 valence electrons. The predicted molar refractivity (Wildman–Crippen MR) is 75.3 cm³/mol. The molecule has 1 aromatic carbocycles. The third-order valence-electron chi connectivity index (χ3n) is 3.02. The van der Waals surface area contributed by atoms with Crippen LogP contribution in [0.5, 0.6) is 0 Å². The topological polar surface area (TPSA) is 78.9 Å². The number of nitrogens with zero attached hydrogens (tertiary/aromatic N) is 1. The SMILES string of the molecule is O=C(O)C1CN(C(=O)NCc2ccccc2Br)CCO1. The maximum atomic E-state index is 12.0. The number of ether oxygens (including phenoxy) is 1. The Morgan fingerprint density at radius 1 is 1.45 bits per heavy atom. The van der Waals surface area contributed by atoms with Crippen molar-refractivity contribution >= 4 is 27.9 Å². The first kappa shape index (κ1) is 14.8. The zero-order valence-electron chi connectivity index (χ0n) is 10.7. The molecule has 1 atom stereocenters. The molecule has 1 saturated heterocycles. The van der Waals surface area contributed by atoms with E-state index in [1.807, 2.05) is 24.3 Å². The van der Waals surface area contributed by atoms with Gasteiger partial charge in [-0.25, -0.2) is 9.59 Å². The molecular formula is C13H15BrN2O4. The van der Waals surface area contributed by atoms with Gasteiger partial charge in [0, 0.05) is 17.6 Å². The summed E-state index contributed by atoms with van der Waals surface area (Å²) < 4.78 is 5.99. The van der Waals surface area contributed by atoms with Gasteiger partial charge in [0.2, 0.25) is 0 Å². The van der Waals surface area contributed by atoms with Crippen LogP contribution in [0.15, 0.2) is 28.7 Å². The highest BCUT2D eigenvalue weighted by atomic mass is 79.9. The van der Waals surface area contributed by atoms with Gasteiger partial charge < -0.3 is 20.1 Å². The molecule has 6 nitrogen and oxygen atoms in total. The Bertz CT molecular complexity index is 509. The van der Waals surface area contributed by atoms with Crippen molar-refractivity contribution in [2.45, 2.75) is 12.6 Å². The van der Waals surface area contributed by atoms with Crippen LogP contribution in [0.25, 0.3) is 0 Å². The van der Waals surface area contributed by atoms with Crippen molar-refractivity contribution < 1.29 is 19.4 Å². The summed E-state index contributed by atoms with van der Waals surface area (Å²) in [5, 5.41) is 11.7. The summed E-state index contributed by atoms with van der Waals surface area (Å²) in [4.78, 5) is 24.3. The lowest BCUT2D eigenvalue weighted by atomic mass is 10.2. The van der Waals surface area contributed by atoms with Crippen LogP contribution in [0, 0.1) is 0 Å². The lowest BCUT2D eigenvalue weighted by Gasteiger charge is -2.30. The highest BCUT2D eigenvalue weighted by Crippen LogP contribution is 2.15. The number of benzene rings is 1. The fourth-order valence-corrected chi connectivity index (χ4v) is 2.33. The van der Waals surface area contributed by atoms with E-state index in [0.717, 1.165) is 10.0 Å². The van der Waals surface area contributed by atoms with E-state index in [1.165, 1.54) is 4.90 Å². The van der Waals surface area contributed by atoms with E-state index >= 15 is 0 Å². The Balaban J connectivity index is 1.89. The molecule has 2 amide bonds. The van der Waals surface area contributed by atoms with Crippen LogP contribution >= 0.6 is 15.9 Å². The largest absolute Gasteiger partial charge is 0.479 e. The van der Waals surface area contributed by atoms with Crippen LogP contribution in [0.2, 0.25) is 0 Å². The first-order valence-corrected chi connectivity index (χ1v) is 6.98. The van der Waals surface area contributed by atoms with Gasteiger partial charge in [0.15, 0.2) is 6.10 Å². The average Bonchev–Trinajstić information content (AvgIpc) is 2.46. The minimum absolute atomic E-state index is 0.0666. The zero-order valence-corrected chi connectivity index (χ0v) is 12.3. The number of carbonyl (C=O) groups is 2. The first-order chi connectivity index (χ1) is 9.58. The fraction of sp³-hybridized carbons (Fsp3) is 0.385. The van der Waals surface area contributed by atoms with Crippen molar-refractivity contribution in [2.75, 3.05) is 19.7 Å². The lowest BCUT2D eigenvalue weighted by Crippen LogP contribution is -2.51. The fourth-order valence-electron chi connectivity index (χ4n) is 1.91. The summed E-state index contributed by atoms with van der Waals surface area (Å²) in [5.41, 5.74) is 0.962. The molecular weight excluding hydrogens is 328 g/mol. The number of hydrogen-bond donors (Lipinski definition) is 2. The molecule has 1 heterocycles. The van der Waals surface area contributed by atoms with Gasteiger partial charge in [0.1, 0.15) is 0 Å². The molecule has 0 aromatic heterocycles. The number of rotatable bonds is 3. The molecule has 20 heavy (non-hydrogen) atoms. The van der Waals surface area contributed by atoms with Gasteiger partial charge in [0.25, 0.3) is 0 Å². The summed E-state index contributed by atoms with van der Waals surface area (Å²) in [6.45, 7) is 1.08. The van der Waals surface area contributed by atoms with E-state index < -0.39 is 12.1 Å². The number of carboxylic acid groups (broad SMARTS) is 1. The van der Waals surface area contributed by atoms with Crippen molar-refractivity contribution in [1.29, 1.82) is 0 Å². The number of hydrogen-bond acceptors (Lipinski definition) is 3. The number of morpholine rings is 1. The first-order valence-electron chi connectivity index (χ1n) is 6.18. The second kappa shape index (κ2) is 6.71. The number of carbonyl (C=O) groups excluding carboxylic acids is 1. The molecule has 0 saturated carbocycles. The maximum Gasteiger partial charge on any atom is 0.334 e. The highest BCUT2D eigenvalue weighted by Gasteiger charge is 2.28. The number of carboxylic acids is 1. The monoisotopic (exact) mass is 342 g/mol. The van der Waals surface area contributed by atoms with Gasteiger partial charge in [-0.2, -0.15) is 0 Å². The number of amides is 2. The number of nitrogens with one attached hydrogen (secondary N) is 1. The molecule has 1 aromatic rings. The molecule has 1 unspecified atom stereocenters. The molecule has 0 aliphatic carbocycles. The summed E-state index contributed by atoms with van der Waals surface area (Å²) in [6, 6.07) is 7.31. The smallest absolute Gasteiger partial charge is 0.334 e. The number of urea groups is 1. The minimum Gasteiger partial charge on any atom is -0.479 e. The normalized spacial score (nSPS) is 18.6. The Labute approximate surface area is 124 Å². The van der Waals surface area contributed by atoms with Gasteiger partial charge in [-0.1, -0.05) is 34.1 Å². The lowest BCUT2D eigenvalue weighted by molar-refractivity contribution is -0.154. The summed E-state index contributed by atoms with van der Waals surface area (Å²) in [5.74, 6) is -1.05. The summed E-state index contributed by atoms with van der Waals surface area (Å²) in [7, 11) is 0. The van der Waals surface area contributed by atoms with Crippen molar-refractivity contribution in [3.63, 3.8) is 0 Å². The Morgan fingerprint density at radius 2 is 2.20 bits per heavy atom. The number of halogens is 1. The summed E-state index contributed by atoms with van der Waals surface area (Å²) in [6.07, 6.45) is -0.946. The van der Waals surface area contributed by atoms with E-state index in [0.29, 0.717) is 13.1 Å². The second-order valence-electron chi connectivity index (χ2n) is 4.39. The van der Waals surface area contributed by atoms with Crippen LogP contribution in [0.3, 0.4) is 0 Å². The second-order valence-corrected chi connectivity index (χ2v) is 5.25. The minimum atomic E-state index is -1.05. The van der Waals surface area contributed by atoms with E-state index in [4.69, 9.17) is 9.84 Å². The molecule has 0 bridgehead atoms. The maximum absolute atomic E-state index is 12.0. The van der Waals surface area contributed by atoms with Crippen molar-refractivity contribution in [1.82, 2.24) is 10.2 Å². The Morgan fingerprint density at radius 3 is 2.90 bits per heavy atom. The Hall–Kier alpha value is -1.60. The van der Waals surface area contributed by atoms with Crippen LogP contribution in [0.1, 0.15) is 5.56 Å². The van der Waals surface area contributed by atoms with E-state index in [1.54, 1.807) is 0 Å². The van der Waals surface area contributed by atoms with Crippen LogP contribution in [-0.4, -0.2) is 47.8 Å². The van der Waals surface area contributed by atoms with Crippen LogP contribution < -0.4 is 5.32 Å². The molecule has 2 N–H and O–H groups in total. The van der Waals surface area contributed by atoms with Crippen molar-refractivity contribution in [2.24, 2.45) is 0 Å². The van der Waals surface area contributed by atoms with Gasteiger partial charge in [-0.3, -0.25) is 0 Å². The van der Waals surface area contributed by atoms with E-state index in [-0.39, 0.29) is 19.2 Å². The average molecular weight is 343 g/mol. The molecule has 1 aliphatic heterocycles. The van der Waals surface area contributed by atoms with Gasteiger partial charge >= 0.3 is 12.0 Å². The van der Waals surface area contributed by atoms with Crippen LogP contribution in [0.4, 0.5) is 4.79 Å². The molecule has 2 rings (SSSR count). The Kier molecular flexibility index (Phi) is 4.97. The molecule has 0 radical (unpaired) electrons. The quantitative estimate of drug-likeness (QED) is 0.871. The highest BCUT2D eigenvalue weighted by molar-refractivity contribution is 9.10. The zero-order chi connectivity index (χ0) is 14.5. The standard InChI is InChI=1S/C13H15BrN2O4/c14-10-4-2-1-3-9(10)7-15-13(19)16-5-6-20-11(8-16)12(17)18/h1-4,11H,5-8H2,(H,15,19)(H,17,18). The molecule has 7 heteroatoms. The van der Waals surface area contributed by atoms with Crippen LogP contribution in [-0.2, 0) is 16.1 Å². The van der Waals surface area contributed by atoms with E-state index in [9.17, 15) is 9.59 Å². The van der Waals surface area contributed by atoms with Gasteiger partial charge in [0.05, 0.1) is 13.2 Å². The molecule has 0 spiro atoms. The van der Waals surface area contributed by atoms with Crippen molar-refractivity contribution in [3.8, 4) is 0 Å². The third kappa shape index (κ3) is 3.71.